The molecule has 7 heteroatoms. The van der Waals surface area contributed by atoms with Gasteiger partial charge in [-0.15, -0.1) is 0 Å². The Morgan fingerprint density at radius 2 is 1.76 bits per heavy atom. The van der Waals surface area contributed by atoms with Gasteiger partial charge in [-0.2, -0.15) is 0 Å². The minimum atomic E-state index is -0.595. The number of para-hydroxylation sites is 1. The summed E-state index contributed by atoms with van der Waals surface area (Å²) in [6.07, 6.45) is 2.04. The molecule has 0 saturated carbocycles. The first-order valence-electron chi connectivity index (χ1n) is 12.4. The number of fused-ring (bicyclic) bond motifs is 2. The SMILES string of the molecule is COCCN1C(=O)c2ccccc2C(C(=O)NCc2cccc(OC)c2)C1c1cn(C)c2ccccc12. The third-order valence-corrected chi connectivity index (χ3v) is 7.10. The van der Waals surface area contributed by atoms with Gasteiger partial charge in [-0.05, 0) is 35.4 Å². The van der Waals surface area contributed by atoms with Crippen molar-refractivity contribution in [1.82, 2.24) is 14.8 Å². The molecule has 7 nitrogen and oxygen atoms in total. The average Bonchev–Trinajstić information content (AvgIpc) is 3.27. The lowest BCUT2D eigenvalue weighted by Gasteiger charge is -2.41. The summed E-state index contributed by atoms with van der Waals surface area (Å²) < 4.78 is 12.8. The first-order valence-corrected chi connectivity index (χ1v) is 12.4. The van der Waals surface area contributed by atoms with Crippen LogP contribution >= 0.6 is 0 Å². The maximum absolute atomic E-state index is 14.0. The van der Waals surface area contributed by atoms with Crippen molar-refractivity contribution >= 4 is 22.7 Å². The monoisotopic (exact) mass is 497 g/mol. The van der Waals surface area contributed by atoms with E-state index in [0.29, 0.717) is 25.3 Å². The number of carbonyl (C=O) groups excluding carboxylic acids is 2. The maximum Gasteiger partial charge on any atom is 0.254 e. The summed E-state index contributed by atoms with van der Waals surface area (Å²) in [5, 5.41) is 4.16. The van der Waals surface area contributed by atoms with E-state index in [0.717, 1.165) is 33.3 Å². The van der Waals surface area contributed by atoms with Crippen LogP contribution in [0.15, 0.2) is 79.0 Å². The number of ether oxygens (including phenoxy) is 2. The van der Waals surface area contributed by atoms with Crippen molar-refractivity contribution in [2.75, 3.05) is 27.4 Å². The second kappa shape index (κ2) is 10.5. The zero-order valence-corrected chi connectivity index (χ0v) is 21.3. The first-order chi connectivity index (χ1) is 18.0. The highest BCUT2D eigenvalue weighted by atomic mass is 16.5. The van der Waals surface area contributed by atoms with Crippen molar-refractivity contribution in [1.29, 1.82) is 0 Å². The van der Waals surface area contributed by atoms with Crippen LogP contribution in [0.4, 0.5) is 0 Å². The molecule has 0 bridgehead atoms. The minimum absolute atomic E-state index is 0.0950. The first kappa shape index (κ1) is 24.6. The molecule has 1 aliphatic heterocycles. The molecule has 0 radical (unpaired) electrons. The Labute approximate surface area is 216 Å². The quantitative estimate of drug-likeness (QED) is 0.391. The molecule has 2 unspecified atom stereocenters. The molecule has 0 fully saturated rings. The standard InChI is InChI=1S/C30H31N3O4/c1-32-19-25(22-11-6-7-14-26(22)32)28-27(29(34)31-18-20-9-8-10-21(17-20)37-3)23-12-4-5-13-24(23)30(35)33(28)15-16-36-2/h4-14,17,19,27-28H,15-16,18H2,1-3H3,(H,31,34). The number of methoxy groups -OCH3 is 2. The van der Waals surface area contributed by atoms with E-state index in [2.05, 4.69) is 22.0 Å². The van der Waals surface area contributed by atoms with E-state index in [1.165, 1.54) is 0 Å². The zero-order chi connectivity index (χ0) is 25.9. The molecule has 3 aromatic carbocycles. The van der Waals surface area contributed by atoms with Crippen LogP contribution in [0.5, 0.6) is 5.75 Å². The van der Waals surface area contributed by atoms with Crippen LogP contribution < -0.4 is 10.1 Å². The third kappa shape index (κ3) is 4.58. The van der Waals surface area contributed by atoms with Gasteiger partial charge in [-0.3, -0.25) is 9.59 Å². The molecular weight excluding hydrogens is 466 g/mol. The number of aryl methyl sites for hydroxylation is 1. The molecular formula is C30H31N3O4. The van der Waals surface area contributed by atoms with Crippen LogP contribution in [0.2, 0.25) is 0 Å². The van der Waals surface area contributed by atoms with Gasteiger partial charge in [-0.1, -0.05) is 48.5 Å². The maximum atomic E-state index is 14.0. The largest absolute Gasteiger partial charge is 0.497 e. The van der Waals surface area contributed by atoms with Gasteiger partial charge in [0.2, 0.25) is 5.91 Å². The van der Waals surface area contributed by atoms with E-state index in [4.69, 9.17) is 9.47 Å². The molecule has 2 heterocycles. The van der Waals surface area contributed by atoms with Crippen molar-refractivity contribution in [3.8, 4) is 5.75 Å². The minimum Gasteiger partial charge on any atom is -0.497 e. The predicted molar refractivity (Wildman–Crippen MR) is 143 cm³/mol. The summed E-state index contributed by atoms with van der Waals surface area (Å²) in [7, 11) is 5.23. The molecule has 1 aliphatic rings. The van der Waals surface area contributed by atoms with Crippen molar-refractivity contribution < 1.29 is 19.1 Å². The smallest absolute Gasteiger partial charge is 0.254 e. The molecule has 37 heavy (non-hydrogen) atoms. The third-order valence-electron chi connectivity index (χ3n) is 7.10. The fourth-order valence-electron chi connectivity index (χ4n) is 5.35. The summed E-state index contributed by atoms with van der Waals surface area (Å²) in [6, 6.07) is 22.7. The van der Waals surface area contributed by atoms with E-state index >= 15 is 0 Å². The molecule has 0 saturated heterocycles. The highest BCUT2D eigenvalue weighted by Crippen LogP contribution is 2.45. The number of hydrogen-bond donors (Lipinski definition) is 1. The zero-order valence-electron chi connectivity index (χ0n) is 21.3. The van der Waals surface area contributed by atoms with Gasteiger partial charge in [0, 0.05) is 55.5 Å². The van der Waals surface area contributed by atoms with Crippen LogP contribution in [-0.2, 0) is 23.1 Å². The molecule has 190 valence electrons. The second-order valence-corrected chi connectivity index (χ2v) is 9.28. The Kier molecular flexibility index (Phi) is 6.97. The molecule has 0 spiro atoms. The number of hydrogen-bond acceptors (Lipinski definition) is 4. The summed E-state index contributed by atoms with van der Waals surface area (Å²) >= 11 is 0. The van der Waals surface area contributed by atoms with Gasteiger partial charge in [-0.25, -0.2) is 0 Å². The normalized spacial score (nSPS) is 17.1. The Morgan fingerprint density at radius 3 is 2.57 bits per heavy atom. The van der Waals surface area contributed by atoms with Gasteiger partial charge in [0.25, 0.3) is 5.91 Å². The topological polar surface area (TPSA) is 72.8 Å². The van der Waals surface area contributed by atoms with Crippen molar-refractivity contribution in [3.05, 3.63) is 101 Å². The Morgan fingerprint density at radius 1 is 0.973 bits per heavy atom. The van der Waals surface area contributed by atoms with Gasteiger partial charge in [0.05, 0.1) is 25.7 Å². The summed E-state index contributed by atoms with van der Waals surface area (Å²) in [5.41, 5.74) is 4.22. The van der Waals surface area contributed by atoms with Crippen LogP contribution in [0, 0.1) is 0 Å². The highest BCUT2D eigenvalue weighted by molar-refractivity contribution is 6.02. The van der Waals surface area contributed by atoms with Crippen LogP contribution in [0.3, 0.4) is 0 Å². The van der Waals surface area contributed by atoms with E-state index in [-0.39, 0.29) is 11.8 Å². The summed E-state index contributed by atoms with van der Waals surface area (Å²) in [5.74, 6) is -0.0903. The lowest BCUT2D eigenvalue weighted by Crippen LogP contribution is -2.48. The van der Waals surface area contributed by atoms with E-state index in [1.807, 2.05) is 67.8 Å². The molecule has 4 aromatic rings. The number of amides is 2. The molecule has 0 aliphatic carbocycles. The molecule has 2 atom stereocenters. The van der Waals surface area contributed by atoms with E-state index in [1.54, 1.807) is 25.2 Å². The number of nitrogens with one attached hydrogen (secondary N) is 1. The Hall–Kier alpha value is -4.10. The number of benzene rings is 3. The van der Waals surface area contributed by atoms with Gasteiger partial charge in [0.15, 0.2) is 0 Å². The fourth-order valence-corrected chi connectivity index (χ4v) is 5.35. The lowest BCUT2D eigenvalue weighted by molar-refractivity contribution is -0.124. The number of carbonyl (C=O) groups is 2. The summed E-state index contributed by atoms with van der Waals surface area (Å²) in [6.45, 7) is 1.09. The average molecular weight is 498 g/mol. The number of rotatable bonds is 8. The van der Waals surface area contributed by atoms with Crippen LogP contribution in [0.25, 0.3) is 10.9 Å². The molecule has 1 N–H and O–H groups in total. The van der Waals surface area contributed by atoms with Crippen molar-refractivity contribution in [2.24, 2.45) is 7.05 Å². The van der Waals surface area contributed by atoms with Gasteiger partial charge in [0.1, 0.15) is 5.75 Å². The summed E-state index contributed by atoms with van der Waals surface area (Å²) in [4.78, 5) is 29.6. The van der Waals surface area contributed by atoms with Crippen LogP contribution in [-0.4, -0.2) is 48.7 Å². The molecule has 1 aromatic heterocycles. The fraction of sp³-hybridized carbons (Fsp3) is 0.267. The van der Waals surface area contributed by atoms with E-state index in [9.17, 15) is 9.59 Å². The molecule has 5 rings (SSSR count). The second-order valence-electron chi connectivity index (χ2n) is 9.28. The molecule has 2 amide bonds. The Bertz CT molecular complexity index is 1440. The number of nitrogens with zero attached hydrogens (tertiary/aromatic N) is 2. The van der Waals surface area contributed by atoms with Gasteiger partial charge < -0.3 is 24.3 Å². The lowest BCUT2D eigenvalue weighted by atomic mass is 9.79. The number of aromatic nitrogens is 1. The van der Waals surface area contributed by atoms with Gasteiger partial charge >= 0.3 is 0 Å². The Balaban J connectivity index is 1.61. The van der Waals surface area contributed by atoms with Crippen LogP contribution in [0.1, 0.15) is 39.0 Å². The van der Waals surface area contributed by atoms with Crippen molar-refractivity contribution in [3.63, 3.8) is 0 Å². The van der Waals surface area contributed by atoms with E-state index < -0.39 is 12.0 Å². The highest BCUT2D eigenvalue weighted by Gasteiger charge is 2.44. The van der Waals surface area contributed by atoms with Crippen molar-refractivity contribution in [2.45, 2.75) is 18.5 Å². The predicted octanol–water partition coefficient (Wildman–Crippen LogP) is 4.43.